The van der Waals surface area contributed by atoms with Gasteiger partial charge in [-0.2, -0.15) is 13.2 Å². The van der Waals surface area contributed by atoms with Crippen molar-refractivity contribution in [2.45, 2.75) is 20.0 Å². The number of hydrogen-bond donors (Lipinski definition) is 1. The highest BCUT2D eigenvalue weighted by atomic mass is 19.4. The van der Waals surface area contributed by atoms with Gasteiger partial charge < -0.3 is 10.2 Å². The lowest BCUT2D eigenvalue weighted by atomic mass is 10.2. The molecular weight excluding hydrogens is 259 g/mol. The number of rotatable bonds is 5. The summed E-state index contributed by atoms with van der Waals surface area (Å²) in [7, 11) is 0. The van der Waals surface area contributed by atoms with Crippen molar-refractivity contribution in [3.8, 4) is 0 Å². The predicted molar refractivity (Wildman–Crippen MR) is 66.0 cm³/mol. The van der Waals surface area contributed by atoms with E-state index >= 15 is 0 Å². The number of carbonyl (C=O) groups is 1. The average molecular weight is 275 g/mol. The van der Waals surface area contributed by atoms with Crippen LogP contribution in [0.15, 0.2) is 18.3 Å². The van der Waals surface area contributed by atoms with E-state index in [9.17, 15) is 18.0 Å². The normalized spacial score (nSPS) is 11.2. The molecule has 1 heterocycles. The van der Waals surface area contributed by atoms with E-state index < -0.39 is 18.6 Å². The van der Waals surface area contributed by atoms with E-state index in [1.807, 2.05) is 6.92 Å². The molecule has 1 aromatic heterocycles. The summed E-state index contributed by atoms with van der Waals surface area (Å²) in [6.07, 6.45) is -3.00. The van der Waals surface area contributed by atoms with Crippen molar-refractivity contribution in [1.82, 2.24) is 9.88 Å². The molecule has 1 amide bonds. The van der Waals surface area contributed by atoms with Crippen molar-refractivity contribution < 1.29 is 18.0 Å². The Morgan fingerprint density at radius 1 is 1.42 bits per heavy atom. The number of nitrogens with one attached hydrogen (secondary N) is 1. The molecule has 106 valence electrons. The third kappa shape index (κ3) is 4.76. The molecular formula is C12H16F3N3O. The first-order chi connectivity index (χ1) is 8.87. The SMILES string of the molecule is CCNc1cc(C(=O)N(CC)CC(F)(F)F)ccn1. The van der Waals surface area contributed by atoms with E-state index in [0.29, 0.717) is 12.4 Å². The zero-order valence-corrected chi connectivity index (χ0v) is 10.8. The number of aromatic nitrogens is 1. The lowest BCUT2D eigenvalue weighted by Crippen LogP contribution is -2.38. The molecule has 0 spiro atoms. The molecule has 19 heavy (non-hydrogen) atoms. The Bertz CT molecular complexity index is 434. The smallest absolute Gasteiger partial charge is 0.370 e. The first-order valence-electron chi connectivity index (χ1n) is 5.93. The van der Waals surface area contributed by atoms with Crippen LogP contribution in [0, 0.1) is 0 Å². The highest BCUT2D eigenvalue weighted by Crippen LogP contribution is 2.18. The molecule has 1 N–H and O–H groups in total. The number of alkyl halides is 3. The molecule has 0 radical (unpaired) electrons. The summed E-state index contributed by atoms with van der Waals surface area (Å²) in [6.45, 7) is 2.73. The van der Waals surface area contributed by atoms with Gasteiger partial charge in [-0.05, 0) is 26.0 Å². The van der Waals surface area contributed by atoms with Gasteiger partial charge in [-0.3, -0.25) is 4.79 Å². The van der Waals surface area contributed by atoms with Crippen molar-refractivity contribution >= 4 is 11.7 Å². The lowest BCUT2D eigenvalue weighted by molar-refractivity contribution is -0.140. The molecule has 0 saturated carbocycles. The van der Waals surface area contributed by atoms with E-state index in [1.54, 1.807) is 0 Å². The van der Waals surface area contributed by atoms with Crippen LogP contribution in [-0.4, -0.2) is 41.6 Å². The number of pyridine rings is 1. The van der Waals surface area contributed by atoms with Gasteiger partial charge in [0.15, 0.2) is 0 Å². The topological polar surface area (TPSA) is 45.2 Å². The summed E-state index contributed by atoms with van der Waals surface area (Å²) in [4.78, 5) is 16.7. The Labute approximate surface area is 109 Å². The summed E-state index contributed by atoms with van der Waals surface area (Å²) in [6, 6.07) is 2.85. The molecule has 0 aromatic carbocycles. The van der Waals surface area contributed by atoms with Gasteiger partial charge in [0.2, 0.25) is 0 Å². The minimum absolute atomic E-state index is 0.00277. The molecule has 0 saturated heterocycles. The fourth-order valence-electron chi connectivity index (χ4n) is 1.57. The minimum atomic E-state index is -4.40. The maximum Gasteiger partial charge on any atom is 0.406 e. The monoisotopic (exact) mass is 275 g/mol. The van der Waals surface area contributed by atoms with Crippen LogP contribution < -0.4 is 5.32 Å². The minimum Gasteiger partial charge on any atom is -0.370 e. The molecule has 0 atom stereocenters. The maximum absolute atomic E-state index is 12.4. The Morgan fingerprint density at radius 3 is 2.63 bits per heavy atom. The van der Waals surface area contributed by atoms with E-state index in [2.05, 4.69) is 10.3 Å². The first-order valence-corrected chi connectivity index (χ1v) is 5.93. The van der Waals surface area contributed by atoms with Crippen LogP contribution >= 0.6 is 0 Å². The molecule has 7 heteroatoms. The number of amides is 1. The van der Waals surface area contributed by atoms with Gasteiger partial charge >= 0.3 is 6.18 Å². The molecule has 0 bridgehead atoms. The lowest BCUT2D eigenvalue weighted by Gasteiger charge is -2.22. The first kappa shape index (κ1) is 15.3. The highest BCUT2D eigenvalue weighted by Gasteiger charge is 2.32. The standard InChI is InChI=1S/C12H16F3N3O/c1-3-16-10-7-9(5-6-17-10)11(19)18(4-2)8-12(13,14)15/h5-7H,3-4,8H2,1-2H3,(H,16,17). The van der Waals surface area contributed by atoms with Crippen molar-refractivity contribution in [3.05, 3.63) is 23.9 Å². The van der Waals surface area contributed by atoms with Crippen LogP contribution in [0.4, 0.5) is 19.0 Å². The van der Waals surface area contributed by atoms with Gasteiger partial charge in [0.1, 0.15) is 12.4 Å². The zero-order valence-electron chi connectivity index (χ0n) is 10.8. The number of nitrogens with zero attached hydrogens (tertiary/aromatic N) is 2. The van der Waals surface area contributed by atoms with Crippen LogP contribution in [0.3, 0.4) is 0 Å². The van der Waals surface area contributed by atoms with Crippen LogP contribution in [0.2, 0.25) is 0 Å². The third-order valence-electron chi connectivity index (χ3n) is 2.40. The van der Waals surface area contributed by atoms with Crippen LogP contribution in [0.25, 0.3) is 0 Å². The highest BCUT2D eigenvalue weighted by molar-refractivity contribution is 5.94. The molecule has 0 unspecified atom stereocenters. The van der Waals surface area contributed by atoms with Crippen molar-refractivity contribution in [1.29, 1.82) is 0 Å². The van der Waals surface area contributed by atoms with Gasteiger partial charge in [-0.1, -0.05) is 0 Å². The number of halogens is 3. The zero-order chi connectivity index (χ0) is 14.5. The fourth-order valence-corrected chi connectivity index (χ4v) is 1.57. The summed E-state index contributed by atoms with van der Waals surface area (Å²) in [5, 5.41) is 2.90. The van der Waals surface area contributed by atoms with Crippen molar-refractivity contribution in [2.24, 2.45) is 0 Å². The Hall–Kier alpha value is -1.79. The maximum atomic E-state index is 12.4. The second kappa shape index (κ2) is 6.40. The molecule has 0 aliphatic heterocycles. The molecule has 0 fully saturated rings. The fraction of sp³-hybridized carbons (Fsp3) is 0.500. The van der Waals surface area contributed by atoms with E-state index in [0.717, 1.165) is 4.90 Å². The quantitative estimate of drug-likeness (QED) is 0.898. The van der Waals surface area contributed by atoms with Gasteiger partial charge in [0.25, 0.3) is 5.91 Å². The van der Waals surface area contributed by atoms with Crippen LogP contribution in [0.5, 0.6) is 0 Å². The van der Waals surface area contributed by atoms with Crippen molar-refractivity contribution in [3.63, 3.8) is 0 Å². The van der Waals surface area contributed by atoms with E-state index in [-0.39, 0.29) is 12.1 Å². The predicted octanol–water partition coefficient (Wildman–Crippen LogP) is 2.54. The van der Waals surface area contributed by atoms with Gasteiger partial charge in [-0.15, -0.1) is 0 Å². The summed E-state index contributed by atoms with van der Waals surface area (Å²) in [5.74, 6) is -0.183. The molecule has 1 aromatic rings. The van der Waals surface area contributed by atoms with Crippen molar-refractivity contribution in [2.75, 3.05) is 25.0 Å². The van der Waals surface area contributed by atoms with Gasteiger partial charge in [0, 0.05) is 24.8 Å². The second-order valence-electron chi connectivity index (χ2n) is 3.89. The van der Waals surface area contributed by atoms with E-state index in [4.69, 9.17) is 0 Å². The Morgan fingerprint density at radius 2 is 2.11 bits per heavy atom. The molecule has 1 rings (SSSR count). The largest absolute Gasteiger partial charge is 0.406 e. The van der Waals surface area contributed by atoms with Gasteiger partial charge in [0.05, 0.1) is 0 Å². The molecule has 0 aliphatic rings. The number of hydrogen-bond acceptors (Lipinski definition) is 3. The van der Waals surface area contributed by atoms with Crippen LogP contribution in [0.1, 0.15) is 24.2 Å². The number of anilines is 1. The Kier molecular flexibility index (Phi) is 5.14. The van der Waals surface area contributed by atoms with Crippen LogP contribution in [-0.2, 0) is 0 Å². The van der Waals surface area contributed by atoms with E-state index in [1.165, 1.54) is 25.3 Å². The summed E-state index contributed by atoms with van der Waals surface area (Å²) < 4.78 is 37.1. The number of carbonyl (C=O) groups excluding carboxylic acids is 1. The average Bonchev–Trinajstić information content (AvgIpc) is 2.35. The molecule has 4 nitrogen and oxygen atoms in total. The summed E-state index contributed by atoms with van der Waals surface area (Å²) >= 11 is 0. The van der Waals surface area contributed by atoms with Gasteiger partial charge in [-0.25, -0.2) is 4.98 Å². The third-order valence-corrected chi connectivity index (χ3v) is 2.40. The summed E-state index contributed by atoms with van der Waals surface area (Å²) in [5.41, 5.74) is 0.192. The second-order valence-corrected chi connectivity index (χ2v) is 3.89. The Balaban J connectivity index is 2.88. The molecule has 0 aliphatic carbocycles.